The van der Waals surface area contributed by atoms with Crippen molar-refractivity contribution < 1.29 is 14.3 Å². The summed E-state index contributed by atoms with van der Waals surface area (Å²) in [4.78, 5) is 12.4. The monoisotopic (exact) mass is 396 g/mol. The standard InChI is InChI=1S/C19H13BrN2O3/c20-16-9-18-17(24-11-25-18)8-13(16)10-21-22-19(23)15-7-3-5-12-4-1-2-6-14(12)15/h1-10H,11H2,(H,22,23)/b21-10+. The number of nitrogens with zero attached hydrogens (tertiary/aromatic N) is 1. The highest BCUT2D eigenvalue weighted by Crippen LogP contribution is 2.36. The predicted octanol–water partition coefficient (Wildman–Crippen LogP) is 4.09. The number of fused-ring (bicyclic) bond motifs is 2. The van der Waals surface area contributed by atoms with Crippen molar-refractivity contribution in [2.75, 3.05) is 6.79 Å². The molecule has 3 aromatic carbocycles. The van der Waals surface area contributed by atoms with Gasteiger partial charge in [0.1, 0.15) is 0 Å². The summed E-state index contributed by atoms with van der Waals surface area (Å²) in [6.07, 6.45) is 1.56. The number of nitrogens with one attached hydrogen (secondary N) is 1. The number of amides is 1. The number of rotatable bonds is 3. The lowest BCUT2D eigenvalue weighted by molar-refractivity contribution is 0.0957. The third-order valence-corrected chi connectivity index (χ3v) is 4.58. The van der Waals surface area contributed by atoms with Crippen LogP contribution in [0.4, 0.5) is 0 Å². The van der Waals surface area contributed by atoms with E-state index in [1.807, 2.05) is 42.5 Å². The minimum absolute atomic E-state index is 0.209. The molecule has 0 aliphatic carbocycles. The second kappa shape index (κ2) is 6.57. The Morgan fingerprint density at radius 1 is 1.08 bits per heavy atom. The van der Waals surface area contributed by atoms with E-state index < -0.39 is 0 Å². The lowest BCUT2D eigenvalue weighted by Gasteiger charge is -2.05. The van der Waals surface area contributed by atoms with Gasteiger partial charge in [-0.25, -0.2) is 5.43 Å². The van der Waals surface area contributed by atoms with Gasteiger partial charge in [0.15, 0.2) is 11.5 Å². The van der Waals surface area contributed by atoms with Crippen LogP contribution in [0.25, 0.3) is 10.8 Å². The SMILES string of the molecule is O=C(N/N=C/c1cc2c(cc1Br)OCO2)c1cccc2ccccc12. The van der Waals surface area contributed by atoms with Crippen LogP contribution in [-0.4, -0.2) is 18.9 Å². The maximum atomic E-state index is 12.4. The summed E-state index contributed by atoms with van der Waals surface area (Å²) >= 11 is 3.46. The quantitative estimate of drug-likeness (QED) is 0.535. The zero-order valence-corrected chi connectivity index (χ0v) is 14.6. The van der Waals surface area contributed by atoms with Crippen molar-refractivity contribution in [2.24, 2.45) is 5.10 Å². The summed E-state index contributed by atoms with van der Waals surface area (Å²) in [5.41, 5.74) is 3.94. The fraction of sp³-hybridized carbons (Fsp3) is 0.0526. The smallest absolute Gasteiger partial charge is 0.271 e. The molecule has 5 nitrogen and oxygen atoms in total. The van der Waals surface area contributed by atoms with Crippen LogP contribution >= 0.6 is 15.9 Å². The van der Waals surface area contributed by atoms with Gasteiger partial charge >= 0.3 is 0 Å². The molecule has 124 valence electrons. The fourth-order valence-corrected chi connectivity index (χ4v) is 3.10. The highest BCUT2D eigenvalue weighted by atomic mass is 79.9. The summed E-state index contributed by atoms with van der Waals surface area (Å²) in [6.45, 7) is 0.209. The van der Waals surface area contributed by atoms with Gasteiger partial charge in [0.05, 0.1) is 6.21 Å². The average Bonchev–Trinajstić information content (AvgIpc) is 3.08. The van der Waals surface area contributed by atoms with Crippen LogP contribution in [-0.2, 0) is 0 Å². The van der Waals surface area contributed by atoms with Crippen molar-refractivity contribution in [3.8, 4) is 11.5 Å². The van der Waals surface area contributed by atoms with Crippen LogP contribution in [0.15, 0.2) is 64.2 Å². The van der Waals surface area contributed by atoms with E-state index in [9.17, 15) is 4.79 Å². The predicted molar refractivity (Wildman–Crippen MR) is 99.3 cm³/mol. The number of hydrogen-bond acceptors (Lipinski definition) is 4. The largest absolute Gasteiger partial charge is 0.454 e. The summed E-state index contributed by atoms with van der Waals surface area (Å²) in [5.74, 6) is 1.08. The Hall–Kier alpha value is -2.86. The van der Waals surface area contributed by atoms with E-state index in [1.165, 1.54) is 0 Å². The van der Waals surface area contributed by atoms with Crippen molar-refractivity contribution in [1.29, 1.82) is 0 Å². The molecule has 1 aliphatic heterocycles. The normalized spacial score (nSPS) is 12.7. The minimum Gasteiger partial charge on any atom is -0.454 e. The molecular formula is C19H13BrN2O3. The lowest BCUT2D eigenvalue weighted by atomic mass is 10.0. The molecule has 0 bridgehead atoms. The first kappa shape index (κ1) is 15.7. The van der Waals surface area contributed by atoms with Gasteiger partial charge in [-0.05, 0) is 44.9 Å². The number of hydrazone groups is 1. The van der Waals surface area contributed by atoms with E-state index in [2.05, 4.69) is 26.5 Å². The molecule has 6 heteroatoms. The van der Waals surface area contributed by atoms with E-state index in [0.717, 1.165) is 20.8 Å². The third-order valence-electron chi connectivity index (χ3n) is 3.90. The summed E-state index contributed by atoms with van der Waals surface area (Å²) in [7, 11) is 0. The molecule has 1 heterocycles. The van der Waals surface area contributed by atoms with Crippen molar-refractivity contribution in [1.82, 2.24) is 5.43 Å². The number of carbonyl (C=O) groups is 1. The molecule has 3 aromatic rings. The minimum atomic E-state index is -0.259. The molecule has 0 radical (unpaired) electrons. The highest BCUT2D eigenvalue weighted by molar-refractivity contribution is 9.10. The molecule has 0 saturated heterocycles. The second-order valence-electron chi connectivity index (χ2n) is 5.45. The van der Waals surface area contributed by atoms with Crippen LogP contribution in [0, 0.1) is 0 Å². The fourth-order valence-electron chi connectivity index (χ4n) is 2.68. The molecule has 0 fully saturated rings. The van der Waals surface area contributed by atoms with Gasteiger partial charge < -0.3 is 9.47 Å². The van der Waals surface area contributed by atoms with Crippen molar-refractivity contribution in [3.63, 3.8) is 0 Å². The number of halogens is 1. The van der Waals surface area contributed by atoms with Gasteiger partial charge in [-0.1, -0.05) is 36.4 Å². The Morgan fingerprint density at radius 2 is 1.84 bits per heavy atom. The zero-order valence-electron chi connectivity index (χ0n) is 13.0. The Morgan fingerprint density at radius 3 is 2.72 bits per heavy atom. The first-order valence-electron chi connectivity index (χ1n) is 7.63. The summed E-state index contributed by atoms with van der Waals surface area (Å²) in [6, 6.07) is 17.0. The second-order valence-corrected chi connectivity index (χ2v) is 6.31. The van der Waals surface area contributed by atoms with E-state index >= 15 is 0 Å². The first-order chi connectivity index (χ1) is 12.2. The van der Waals surface area contributed by atoms with E-state index in [1.54, 1.807) is 18.3 Å². The molecule has 4 rings (SSSR count). The van der Waals surface area contributed by atoms with E-state index in [-0.39, 0.29) is 12.7 Å². The van der Waals surface area contributed by atoms with Gasteiger partial charge in [0.2, 0.25) is 6.79 Å². The van der Waals surface area contributed by atoms with Crippen LogP contribution in [0.3, 0.4) is 0 Å². The number of carbonyl (C=O) groups excluding carboxylic acids is 1. The molecule has 0 atom stereocenters. The lowest BCUT2D eigenvalue weighted by Crippen LogP contribution is -2.17. The molecule has 25 heavy (non-hydrogen) atoms. The molecule has 1 aliphatic rings. The Labute approximate surface area is 152 Å². The molecule has 0 aromatic heterocycles. The number of hydrogen-bond donors (Lipinski definition) is 1. The maximum absolute atomic E-state index is 12.4. The Balaban J connectivity index is 1.55. The molecular weight excluding hydrogens is 384 g/mol. The Kier molecular flexibility index (Phi) is 4.11. The van der Waals surface area contributed by atoms with E-state index in [0.29, 0.717) is 17.1 Å². The molecule has 0 saturated carbocycles. The van der Waals surface area contributed by atoms with Gasteiger partial charge in [-0.3, -0.25) is 4.79 Å². The van der Waals surface area contributed by atoms with Crippen molar-refractivity contribution in [2.45, 2.75) is 0 Å². The zero-order chi connectivity index (χ0) is 17.2. The van der Waals surface area contributed by atoms with Gasteiger partial charge in [0, 0.05) is 15.6 Å². The number of ether oxygens (including phenoxy) is 2. The van der Waals surface area contributed by atoms with Crippen LogP contribution in [0.5, 0.6) is 11.5 Å². The van der Waals surface area contributed by atoms with Crippen molar-refractivity contribution in [3.05, 3.63) is 70.2 Å². The summed E-state index contributed by atoms with van der Waals surface area (Å²) in [5, 5.41) is 5.96. The first-order valence-corrected chi connectivity index (χ1v) is 8.42. The average molecular weight is 397 g/mol. The summed E-state index contributed by atoms with van der Waals surface area (Å²) < 4.78 is 11.5. The maximum Gasteiger partial charge on any atom is 0.271 e. The van der Waals surface area contributed by atoms with Crippen molar-refractivity contribution >= 4 is 38.8 Å². The van der Waals surface area contributed by atoms with E-state index in [4.69, 9.17) is 9.47 Å². The number of benzene rings is 3. The molecule has 0 unspecified atom stereocenters. The Bertz CT molecular complexity index is 996. The van der Waals surface area contributed by atoms with Crippen LogP contribution in [0.1, 0.15) is 15.9 Å². The topological polar surface area (TPSA) is 59.9 Å². The highest BCUT2D eigenvalue weighted by Gasteiger charge is 2.15. The molecule has 1 N–H and O–H groups in total. The third kappa shape index (κ3) is 3.08. The van der Waals surface area contributed by atoms with Crippen LogP contribution < -0.4 is 14.9 Å². The van der Waals surface area contributed by atoms with Gasteiger partial charge in [-0.2, -0.15) is 5.10 Å². The van der Waals surface area contributed by atoms with Gasteiger partial charge in [0.25, 0.3) is 5.91 Å². The molecule has 0 spiro atoms. The van der Waals surface area contributed by atoms with Crippen LogP contribution in [0.2, 0.25) is 0 Å². The van der Waals surface area contributed by atoms with Gasteiger partial charge in [-0.15, -0.1) is 0 Å². The molecule has 1 amide bonds.